The van der Waals surface area contributed by atoms with Gasteiger partial charge in [0.25, 0.3) is 0 Å². The maximum atomic E-state index is 13.9. The first-order valence-electron chi connectivity index (χ1n) is 8.69. The first-order chi connectivity index (χ1) is 14.0. The zero-order valence-corrected chi connectivity index (χ0v) is 15.5. The lowest BCUT2D eigenvalue weighted by Crippen LogP contribution is -2.43. The zero-order chi connectivity index (χ0) is 20.5. The first-order valence-corrected chi connectivity index (χ1v) is 8.69. The van der Waals surface area contributed by atoms with Gasteiger partial charge in [-0.1, -0.05) is 11.1 Å². The van der Waals surface area contributed by atoms with Crippen molar-refractivity contribution in [1.82, 2.24) is 9.97 Å². The van der Waals surface area contributed by atoms with Crippen molar-refractivity contribution in [2.24, 2.45) is 4.99 Å². The maximum Gasteiger partial charge on any atom is 0.349 e. The summed E-state index contributed by atoms with van der Waals surface area (Å²) < 4.78 is 20.9. The molecule has 0 radical (unpaired) electrons. The fraction of sp³-hybridized carbons (Fsp3) is 0.158. The lowest BCUT2D eigenvalue weighted by atomic mass is 10.2. The summed E-state index contributed by atoms with van der Waals surface area (Å²) in [7, 11) is 1.34. The molecule has 1 aliphatic rings. The molecule has 1 aromatic carbocycles. The van der Waals surface area contributed by atoms with E-state index in [9.17, 15) is 14.5 Å². The molecule has 0 amide bonds. The Morgan fingerprint density at radius 1 is 1.31 bits per heavy atom. The van der Waals surface area contributed by atoms with Crippen molar-refractivity contribution in [2.45, 2.75) is 13.0 Å². The maximum absolute atomic E-state index is 13.9. The molecule has 0 fully saturated rings. The van der Waals surface area contributed by atoms with Crippen LogP contribution in [0, 0.1) is 15.9 Å². The van der Waals surface area contributed by atoms with Gasteiger partial charge in [0.2, 0.25) is 11.8 Å². The molecule has 1 unspecified atom stereocenters. The van der Waals surface area contributed by atoms with Gasteiger partial charge in [-0.25, -0.2) is 9.97 Å². The van der Waals surface area contributed by atoms with E-state index < -0.39 is 16.4 Å². The molecule has 0 saturated heterocycles. The van der Waals surface area contributed by atoms with Gasteiger partial charge in [-0.15, -0.1) is 0 Å². The van der Waals surface area contributed by atoms with E-state index in [-0.39, 0.29) is 23.4 Å². The van der Waals surface area contributed by atoms with Crippen LogP contribution in [0.2, 0.25) is 0 Å². The second-order valence-corrected chi connectivity index (χ2v) is 6.28. The Kier molecular flexibility index (Phi) is 4.59. The standard InChI is InChI=1S/C19H16FN6O3/c1-11-15-5-3-4-8-25(15)18(22-11)13-6-7-21-19(23-13)24-14-10-16(26(27)28)12(20)9-17(14)29-2/h3-11H,1-2H3,(H,21,23,24)/q+1. The molecule has 0 aliphatic carbocycles. The quantitative estimate of drug-likeness (QED) is 0.404. The summed E-state index contributed by atoms with van der Waals surface area (Å²) in [5.74, 6) is -0.0688. The van der Waals surface area contributed by atoms with E-state index in [1.54, 1.807) is 12.3 Å². The van der Waals surface area contributed by atoms with Crippen LogP contribution in [0.3, 0.4) is 0 Å². The van der Waals surface area contributed by atoms with Crippen LogP contribution < -0.4 is 14.6 Å². The number of halogens is 1. The lowest BCUT2D eigenvalue weighted by Gasteiger charge is -2.10. The Hall–Kier alpha value is -3.95. The van der Waals surface area contributed by atoms with Gasteiger partial charge >= 0.3 is 11.5 Å². The smallest absolute Gasteiger partial charge is 0.349 e. The number of nitrogens with one attached hydrogen (secondary N) is 1. The molecule has 9 nitrogen and oxygen atoms in total. The molecule has 29 heavy (non-hydrogen) atoms. The summed E-state index contributed by atoms with van der Waals surface area (Å²) in [6.45, 7) is 1.99. The van der Waals surface area contributed by atoms with Crippen LogP contribution in [0.15, 0.2) is 53.8 Å². The van der Waals surface area contributed by atoms with Crippen LogP contribution in [0.25, 0.3) is 0 Å². The molecule has 2 aromatic heterocycles. The minimum atomic E-state index is -0.991. The third-order valence-corrected chi connectivity index (χ3v) is 4.46. The fourth-order valence-electron chi connectivity index (χ4n) is 3.10. The van der Waals surface area contributed by atoms with E-state index in [1.165, 1.54) is 7.11 Å². The monoisotopic (exact) mass is 395 g/mol. The predicted molar refractivity (Wildman–Crippen MR) is 102 cm³/mol. The Labute approximate surface area is 164 Å². The Balaban J connectivity index is 1.71. The number of pyridine rings is 1. The van der Waals surface area contributed by atoms with Crippen molar-refractivity contribution in [3.05, 3.63) is 76.1 Å². The molecule has 0 bridgehead atoms. The zero-order valence-electron chi connectivity index (χ0n) is 15.5. The van der Waals surface area contributed by atoms with Gasteiger partial charge in [-0.2, -0.15) is 8.96 Å². The van der Waals surface area contributed by atoms with E-state index in [2.05, 4.69) is 20.3 Å². The Morgan fingerprint density at radius 2 is 2.14 bits per heavy atom. The molecule has 0 spiro atoms. The first kappa shape index (κ1) is 18.4. The van der Waals surface area contributed by atoms with Crippen molar-refractivity contribution >= 4 is 23.2 Å². The van der Waals surface area contributed by atoms with Gasteiger partial charge in [-0.05, 0) is 25.1 Å². The molecule has 3 heterocycles. The molecule has 1 atom stereocenters. The largest absolute Gasteiger partial charge is 0.494 e. The summed E-state index contributed by atoms with van der Waals surface area (Å²) in [4.78, 5) is 23.5. The summed E-state index contributed by atoms with van der Waals surface area (Å²) in [6.07, 6.45) is 3.45. The molecule has 0 saturated carbocycles. The van der Waals surface area contributed by atoms with E-state index in [1.807, 2.05) is 35.9 Å². The number of hydrogen-bond donors (Lipinski definition) is 1. The number of nitrogens with zero attached hydrogens (tertiary/aromatic N) is 5. The number of aromatic nitrogens is 3. The molecular weight excluding hydrogens is 379 g/mol. The summed E-state index contributed by atoms with van der Waals surface area (Å²) in [6, 6.07) is 9.53. The van der Waals surface area contributed by atoms with Crippen molar-refractivity contribution in [3.8, 4) is 5.75 Å². The highest BCUT2D eigenvalue weighted by Gasteiger charge is 2.33. The number of methoxy groups -OCH3 is 1. The number of rotatable bonds is 5. The SMILES string of the molecule is COc1cc(F)c([N+](=O)[O-])cc1Nc1nccc(C2=NC(C)c3cccc[n+]32)n1. The summed E-state index contributed by atoms with van der Waals surface area (Å²) in [5.41, 5.74) is 1.10. The second-order valence-electron chi connectivity index (χ2n) is 6.28. The minimum Gasteiger partial charge on any atom is -0.494 e. The van der Waals surface area contributed by atoms with Crippen LogP contribution in [0.1, 0.15) is 24.4 Å². The Bertz CT molecular complexity index is 1150. The van der Waals surface area contributed by atoms with Gasteiger partial charge < -0.3 is 10.1 Å². The normalized spacial score (nSPS) is 14.9. The molecular formula is C19H16FN6O3+. The second kappa shape index (κ2) is 7.23. The number of benzene rings is 1. The molecule has 4 rings (SSSR count). The van der Waals surface area contributed by atoms with Crippen molar-refractivity contribution in [2.75, 3.05) is 12.4 Å². The summed E-state index contributed by atoms with van der Waals surface area (Å²) in [5, 5.41) is 13.9. The number of hydrogen-bond acceptors (Lipinski definition) is 7. The lowest BCUT2D eigenvalue weighted by molar-refractivity contribution is -0.558. The van der Waals surface area contributed by atoms with Gasteiger partial charge in [0, 0.05) is 18.3 Å². The third-order valence-electron chi connectivity index (χ3n) is 4.46. The van der Waals surface area contributed by atoms with Crippen molar-refractivity contribution in [3.63, 3.8) is 0 Å². The number of nitro groups is 1. The molecule has 1 aliphatic heterocycles. The van der Waals surface area contributed by atoms with Crippen molar-refractivity contribution in [1.29, 1.82) is 0 Å². The topological polar surface area (TPSA) is 106 Å². The molecule has 3 aromatic rings. The van der Waals surface area contributed by atoms with E-state index in [4.69, 9.17) is 4.74 Å². The molecule has 10 heteroatoms. The Morgan fingerprint density at radius 3 is 2.90 bits per heavy atom. The van der Waals surface area contributed by atoms with Gasteiger partial charge in [0.1, 0.15) is 5.75 Å². The van der Waals surface area contributed by atoms with Crippen LogP contribution in [0.5, 0.6) is 5.75 Å². The van der Waals surface area contributed by atoms with E-state index in [0.717, 1.165) is 17.8 Å². The number of nitro benzene ring substituents is 1. The highest BCUT2D eigenvalue weighted by atomic mass is 19.1. The fourth-order valence-corrected chi connectivity index (χ4v) is 3.10. The highest BCUT2D eigenvalue weighted by molar-refractivity contribution is 5.91. The number of fused-ring (bicyclic) bond motifs is 1. The highest BCUT2D eigenvalue weighted by Crippen LogP contribution is 2.33. The average molecular weight is 395 g/mol. The van der Waals surface area contributed by atoms with Crippen molar-refractivity contribution < 1.29 is 18.6 Å². The van der Waals surface area contributed by atoms with Gasteiger partial charge in [-0.3, -0.25) is 10.1 Å². The summed E-state index contributed by atoms with van der Waals surface area (Å²) >= 11 is 0. The van der Waals surface area contributed by atoms with Crippen LogP contribution in [0.4, 0.5) is 21.7 Å². The van der Waals surface area contributed by atoms with Gasteiger partial charge in [0.15, 0.2) is 17.4 Å². The number of ether oxygens (including phenoxy) is 1. The molecule has 1 N–H and O–H groups in total. The molecule has 146 valence electrons. The van der Waals surface area contributed by atoms with Gasteiger partial charge in [0.05, 0.1) is 23.9 Å². The van der Waals surface area contributed by atoms with Crippen LogP contribution >= 0.6 is 0 Å². The third kappa shape index (κ3) is 3.35. The minimum absolute atomic E-state index is 0.0163. The van der Waals surface area contributed by atoms with E-state index >= 15 is 0 Å². The number of anilines is 2. The predicted octanol–water partition coefficient (Wildman–Crippen LogP) is 2.93. The van der Waals surface area contributed by atoms with E-state index in [0.29, 0.717) is 11.5 Å². The van der Waals surface area contributed by atoms with Crippen LogP contribution in [-0.2, 0) is 0 Å². The number of aliphatic imine (C=N–C) groups is 1. The average Bonchev–Trinajstić information content (AvgIpc) is 3.06. The van der Waals surface area contributed by atoms with Crippen LogP contribution in [-0.4, -0.2) is 27.8 Å².